The average Bonchev–Trinajstić information content (AvgIpc) is 3.68. The normalized spacial score (nSPS) is 12.3. The molecule has 11 heteroatoms. The Hall–Kier alpha value is -3.90. The van der Waals surface area contributed by atoms with Crippen LogP contribution in [-0.4, -0.2) is 49.2 Å². The van der Waals surface area contributed by atoms with Crippen molar-refractivity contribution < 1.29 is 19.8 Å². The van der Waals surface area contributed by atoms with Gasteiger partial charge in [0.1, 0.15) is 12.1 Å². The number of H-pyrrole nitrogens is 3. The minimum Gasteiger partial charge on any atom is -0.480 e. The molecule has 3 aromatic heterocycles. The van der Waals surface area contributed by atoms with Gasteiger partial charge in [-0.25, -0.2) is 0 Å². The summed E-state index contributed by atoms with van der Waals surface area (Å²) in [5.41, 5.74) is 16.0. The van der Waals surface area contributed by atoms with E-state index in [9.17, 15) is 9.59 Å². The summed E-state index contributed by atoms with van der Waals surface area (Å²) in [5.74, 6) is -1.95. The van der Waals surface area contributed by atoms with Crippen molar-refractivity contribution in [3.8, 4) is 0 Å². The van der Waals surface area contributed by atoms with Crippen molar-refractivity contribution in [3.05, 3.63) is 105 Å². The molecule has 0 radical (unpaired) electrons. The zero-order valence-electron chi connectivity index (χ0n) is 21.8. The van der Waals surface area contributed by atoms with Crippen LogP contribution in [0.25, 0.3) is 32.7 Å². The first-order chi connectivity index (χ1) is 19.6. The smallest absolute Gasteiger partial charge is 0.320 e. The molecule has 0 spiro atoms. The van der Waals surface area contributed by atoms with E-state index in [4.69, 9.17) is 21.7 Å². The molecule has 3 heterocycles. The molecule has 6 rings (SSSR count). The minimum absolute atomic E-state index is 0.330. The number of para-hydroxylation sites is 1. The predicted octanol–water partition coefficient (Wildman–Crippen LogP) is 5.94. The van der Waals surface area contributed by atoms with E-state index in [2.05, 4.69) is 65.0 Å². The van der Waals surface area contributed by atoms with Gasteiger partial charge in [0.25, 0.3) is 0 Å². The third-order valence-corrected chi connectivity index (χ3v) is 7.42. The van der Waals surface area contributed by atoms with E-state index in [0.717, 1.165) is 41.9 Å². The van der Waals surface area contributed by atoms with E-state index >= 15 is 0 Å². The second-order valence-corrected chi connectivity index (χ2v) is 11.2. The van der Waals surface area contributed by atoms with Crippen LogP contribution in [0.5, 0.6) is 0 Å². The fourth-order valence-electron chi connectivity index (χ4n) is 4.30. The predicted molar refractivity (Wildman–Crippen MR) is 169 cm³/mol. The van der Waals surface area contributed by atoms with Gasteiger partial charge in [0, 0.05) is 67.7 Å². The van der Waals surface area contributed by atoms with Crippen LogP contribution in [0.3, 0.4) is 0 Å². The molecule has 212 valence electrons. The molecule has 9 nitrogen and oxygen atoms in total. The third kappa shape index (κ3) is 7.86. The number of nitrogens with one attached hydrogen (secondary N) is 3. The quantitative estimate of drug-likeness (QED) is 0.115. The molecule has 41 heavy (non-hydrogen) atoms. The van der Waals surface area contributed by atoms with Crippen LogP contribution in [0, 0.1) is 0 Å². The Morgan fingerprint density at radius 2 is 1.22 bits per heavy atom. The minimum atomic E-state index is -0.980. The highest BCUT2D eigenvalue weighted by molar-refractivity contribution is 9.10. The number of aromatic nitrogens is 3. The van der Waals surface area contributed by atoms with Crippen molar-refractivity contribution >= 4 is 76.5 Å². The fourth-order valence-corrected chi connectivity index (χ4v) is 5.02. The molecule has 0 saturated heterocycles. The van der Waals surface area contributed by atoms with Gasteiger partial charge in [0.2, 0.25) is 0 Å². The van der Waals surface area contributed by atoms with Crippen molar-refractivity contribution in [2.75, 3.05) is 0 Å². The Labute approximate surface area is 252 Å². The SMILES string of the molecule is Brc1ccc2cc[nH]c2c1.NC(Cc1c[nH]c2cc(Br)ccc12)C(=O)O.NC(Cc1c[nH]c2ccccc12)C(=O)O. The number of rotatable bonds is 6. The zero-order chi connectivity index (χ0) is 29.5. The van der Waals surface area contributed by atoms with Crippen molar-refractivity contribution in [1.82, 2.24) is 15.0 Å². The van der Waals surface area contributed by atoms with Crippen LogP contribution < -0.4 is 11.5 Å². The number of aromatic amines is 3. The summed E-state index contributed by atoms with van der Waals surface area (Å²) >= 11 is 6.77. The number of fused-ring (bicyclic) bond motifs is 3. The van der Waals surface area contributed by atoms with E-state index < -0.39 is 24.0 Å². The van der Waals surface area contributed by atoms with Gasteiger partial charge in [-0.1, -0.05) is 62.2 Å². The Morgan fingerprint density at radius 3 is 1.85 bits per heavy atom. The highest BCUT2D eigenvalue weighted by Gasteiger charge is 2.15. The largest absolute Gasteiger partial charge is 0.480 e. The van der Waals surface area contributed by atoms with Gasteiger partial charge in [0.15, 0.2) is 0 Å². The third-order valence-electron chi connectivity index (χ3n) is 6.44. The molecule has 6 aromatic rings. The lowest BCUT2D eigenvalue weighted by Gasteiger charge is -2.04. The van der Waals surface area contributed by atoms with Crippen LogP contribution >= 0.6 is 31.9 Å². The van der Waals surface area contributed by atoms with Gasteiger partial charge < -0.3 is 36.6 Å². The number of nitrogens with two attached hydrogens (primary N) is 2. The van der Waals surface area contributed by atoms with Crippen molar-refractivity contribution in [3.63, 3.8) is 0 Å². The number of aliphatic carboxylic acids is 2. The lowest BCUT2D eigenvalue weighted by molar-refractivity contribution is -0.139. The standard InChI is InChI=1S/C11H11BrN2O2.C11H12N2O2.C8H6BrN/c12-7-1-2-8-6(3-9(13)11(15)16)5-14-10(8)4-7;12-9(11(14)15)5-7-6-13-10-4-2-1-3-8(7)10;9-7-2-1-6-3-4-10-8(6)5-7/h1-2,4-5,9,14H,3,13H2,(H,15,16);1-4,6,9,13H,5,12H2,(H,14,15);1-5,10H. The average molecular weight is 683 g/mol. The summed E-state index contributed by atoms with van der Waals surface area (Å²) in [6.45, 7) is 0. The fraction of sp³-hybridized carbons (Fsp3) is 0.133. The lowest BCUT2D eigenvalue weighted by atomic mass is 10.1. The zero-order valence-corrected chi connectivity index (χ0v) is 24.9. The summed E-state index contributed by atoms with van der Waals surface area (Å²) in [7, 11) is 0. The Morgan fingerprint density at radius 1 is 0.683 bits per heavy atom. The van der Waals surface area contributed by atoms with E-state index in [1.165, 1.54) is 10.9 Å². The molecule has 0 aliphatic heterocycles. The summed E-state index contributed by atoms with van der Waals surface area (Å²) < 4.78 is 2.10. The molecule has 9 N–H and O–H groups in total. The number of hydrogen-bond acceptors (Lipinski definition) is 4. The van der Waals surface area contributed by atoms with E-state index in [-0.39, 0.29) is 0 Å². The van der Waals surface area contributed by atoms with Crippen LogP contribution in [0.4, 0.5) is 0 Å². The maximum atomic E-state index is 10.7. The number of hydrogen-bond donors (Lipinski definition) is 7. The van der Waals surface area contributed by atoms with Gasteiger partial charge in [0.05, 0.1) is 0 Å². The second kappa shape index (κ2) is 13.6. The molecule has 0 saturated carbocycles. The summed E-state index contributed by atoms with van der Waals surface area (Å²) in [6.07, 6.45) is 6.24. The first kappa shape index (κ1) is 30.1. The maximum Gasteiger partial charge on any atom is 0.320 e. The van der Waals surface area contributed by atoms with Crippen LogP contribution in [0.2, 0.25) is 0 Å². The van der Waals surface area contributed by atoms with Crippen LogP contribution in [0.1, 0.15) is 11.1 Å². The first-order valence-electron chi connectivity index (χ1n) is 12.6. The van der Waals surface area contributed by atoms with Crippen molar-refractivity contribution in [1.29, 1.82) is 0 Å². The number of carboxylic acid groups (broad SMARTS) is 2. The van der Waals surface area contributed by atoms with Gasteiger partial charge in [-0.15, -0.1) is 0 Å². The maximum absolute atomic E-state index is 10.7. The van der Waals surface area contributed by atoms with Gasteiger partial charge in [-0.2, -0.15) is 0 Å². The van der Waals surface area contributed by atoms with E-state index in [0.29, 0.717) is 12.8 Å². The van der Waals surface area contributed by atoms with Crippen LogP contribution in [0.15, 0.2) is 94.3 Å². The highest BCUT2D eigenvalue weighted by atomic mass is 79.9. The topological polar surface area (TPSA) is 174 Å². The highest BCUT2D eigenvalue weighted by Crippen LogP contribution is 2.23. The summed E-state index contributed by atoms with van der Waals surface area (Å²) in [6, 6.07) is 20.1. The molecular weight excluding hydrogens is 654 g/mol. The van der Waals surface area contributed by atoms with E-state index in [1.807, 2.05) is 60.9 Å². The molecule has 0 amide bonds. The molecule has 0 bridgehead atoms. The monoisotopic (exact) mass is 681 g/mol. The Bertz CT molecular complexity index is 1790. The number of benzene rings is 3. The lowest BCUT2D eigenvalue weighted by Crippen LogP contribution is -2.32. The molecule has 3 aromatic carbocycles. The number of carbonyl (C=O) groups is 2. The molecule has 0 aliphatic rings. The molecule has 2 atom stereocenters. The molecular formula is C30H29Br2N5O4. The van der Waals surface area contributed by atoms with Crippen molar-refractivity contribution in [2.45, 2.75) is 24.9 Å². The summed E-state index contributed by atoms with van der Waals surface area (Å²) in [4.78, 5) is 30.6. The Kier molecular flexibility index (Phi) is 10.0. The number of halogens is 2. The van der Waals surface area contributed by atoms with E-state index in [1.54, 1.807) is 6.20 Å². The van der Waals surface area contributed by atoms with Gasteiger partial charge in [-0.05, 0) is 52.9 Å². The molecule has 2 unspecified atom stereocenters. The first-order valence-corrected chi connectivity index (χ1v) is 14.2. The molecule has 0 fully saturated rings. The molecule has 0 aliphatic carbocycles. The van der Waals surface area contributed by atoms with Gasteiger partial charge in [-0.3, -0.25) is 9.59 Å². The Balaban J connectivity index is 0.000000145. The number of carboxylic acids is 2. The second-order valence-electron chi connectivity index (χ2n) is 9.37. The van der Waals surface area contributed by atoms with Gasteiger partial charge >= 0.3 is 11.9 Å². The summed E-state index contributed by atoms with van der Waals surface area (Å²) in [5, 5.41) is 20.8. The van der Waals surface area contributed by atoms with Crippen LogP contribution in [-0.2, 0) is 22.4 Å². The van der Waals surface area contributed by atoms with Crippen molar-refractivity contribution in [2.24, 2.45) is 11.5 Å².